The number of nitrogens with one attached hydrogen (secondary N) is 1. The Bertz CT molecular complexity index is 1500. The van der Waals surface area contributed by atoms with Crippen molar-refractivity contribution in [3.8, 4) is 11.3 Å². The number of aromatic nitrogens is 3. The maximum atomic E-state index is 12.5. The van der Waals surface area contributed by atoms with Crippen LogP contribution in [0.3, 0.4) is 0 Å². The molecule has 7 heteroatoms. The summed E-state index contributed by atoms with van der Waals surface area (Å²) in [7, 11) is 0. The number of hydrogen-bond donors (Lipinski definition) is 1. The average molecular weight is 453 g/mol. The summed E-state index contributed by atoms with van der Waals surface area (Å²) in [5.74, 6) is -0.0245. The van der Waals surface area contributed by atoms with Crippen LogP contribution in [-0.4, -0.2) is 32.0 Å². The number of carbonyl (C=O) groups excluding carboxylic acids is 2. The number of anilines is 1. The molecule has 162 valence electrons. The van der Waals surface area contributed by atoms with Gasteiger partial charge in [-0.3, -0.25) is 9.59 Å². The second kappa shape index (κ2) is 8.88. The van der Waals surface area contributed by atoms with E-state index in [9.17, 15) is 9.59 Å². The third-order valence-electron chi connectivity index (χ3n) is 5.31. The van der Waals surface area contributed by atoms with Crippen LogP contribution in [0, 0.1) is 0 Å². The van der Waals surface area contributed by atoms with E-state index in [1.165, 1.54) is 18.7 Å². The standard InChI is InChI=1S/C26H20N4O2S/c1-17(31)19-8-4-9-20(14-19)28-25(32)16-33-26-24-15-23(29-30(24)13-12-27-26)22-11-5-7-18-6-2-3-10-21(18)22/h2-15H,16H2,1H3,(H,28,32). The topological polar surface area (TPSA) is 76.4 Å². The Morgan fingerprint density at radius 1 is 1.00 bits per heavy atom. The zero-order chi connectivity index (χ0) is 22.8. The number of benzene rings is 3. The zero-order valence-electron chi connectivity index (χ0n) is 17.9. The molecule has 5 aromatic rings. The third kappa shape index (κ3) is 4.36. The molecular weight excluding hydrogens is 432 g/mol. The molecule has 5 rings (SSSR count). The Labute approximate surface area is 194 Å². The lowest BCUT2D eigenvalue weighted by molar-refractivity contribution is -0.113. The molecule has 2 heterocycles. The Morgan fingerprint density at radius 3 is 2.70 bits per heavy atom. The van der Waals surface area contributed by atoms with Crippen LogP contribution in [0.2, 0.25) is 0 Å². The van der Waals surface area contributed by atoms with Gasteiger partial charge in [0.1, 0.15) is 5.03 Å². The van der Waals surface area contributed by atoms with E-state index >= 15 is 0 Å². The third-order valence-corrected chi connectivity index (χ3v) is 6.31. The largest absolute Gasteiger partial charge is 0.325 e. The molecule has 0 unspecified atom stereocenters. The first-order chi connectivity index (χ1) is 16.1. The number of carbonyl (C=O) groups is 2. The van der Waals surface area contributed by atoms with E-state index in [1.807, 2.05) is 24.3 Å². The van der Waals surface area contributed by atoms with Crippen LogP contribution in [-0.2, 0) is 4.79 Å². The first-order valence-corrected chi connectivity index (χ1v) is 11.4. The number of nitrogens with zero attached hydrogens (tertiary/aromatic N) is 3. The van der Waals surface area contributed by atoms with Gasteiger partial charge in [-0.25, -0.2) is 9.50 Å². The van der Waals surface area contributed by atoms with Crippen molar-refractivity contribution < 1.29 is 9.59 Å². The fourth-order valence-corrected chi connectivity index (χ4v) is 4.51. The van der Waals surface area contributed by atoms with Crippen LogP contribution >= 0.6 is 11.8 Å². The van der Waals surface area contributed by atoms with Crippen molar-refractivity contribution in [3.63, 3.8) is 0 Å². The summed E-state index contributed by atoms with van der Waals surface area (Å²) < 4.78 is 1.79. The van der Waals surface area contributed by atoms with Crippen molar-refractivity contribution in [1.29, 1.82) is 0 Å². The van der Waals surface area contributed by atoms with Crippen molar-refractivity contribution in [2.75, 3.05) is 11.1 Å². The molecule has 33 heavy (non-hydrogen) atoms. The molecule has 0 saturated heterocycles. The number of fused-ring (bicyclic) bond motifs is 2. The predicted octanol–water partition coefficient (Wildman–Crippen LogP) is 5.48. The number of ketones is 1. The zero-order valence-corrected chi connectivity index (χ0v) is 18.7. The van der Waals surface area contributed by atoms with Gasteiger partial charge in [0.15, 0.2) is 5.78 Å². The highest BCUT2D eigenvalue weighted by atomic mass is 32.2. The molecular formula is C26H20N4O2S. The van der Waals surface area contributed by atoms with Crippen molar-refractivity contribution in [3.05, 3.63) is 90.8 Å². The molecule has 0 radical (unpaired) electrons. The van der Waals surface area contributed by atoms with Crippen LogP contribution in [0.1, 0.15) is 17.3 Å². The molecule has 3 aromatic carbocycles. The number of hydrogen-bond acceptors (Lipinski definition) is 5. The molecule has 0 aliphatic rings. The van der Waals surface area contributed by atoms with Gasteiger partial charge in [0.2, 0.25) is 5.91 Å². The molecule has 0 bridgehead atoms. The lowest BCUT2D eigenvalue weighted by atomic mass is 10.0. The summed E-state index contributed by atoms with van der Waals surface area (Å²) in [5.41, 5.74) is 3.91. The highest BCUT2D eigenvalue weighted by Gasteiger charge is 2.13. The second-order valence-electron chi connectivity index (χ2n) is 7.59. The van der Waals surface area contributed by atoms with E-state index < -0.39 is 0 Å². The summed E-state index contributed by atoms with van der Waals surface area (Å²) in [5, 5.41) is 10.6. The first-order valence-electron chi connectivity index (χ1n) is 10.4. The minimum Gasteiger partial charge on any atom is -0.325 e. The van der Waals surface area contributed by atoms with Crippen molar-refractivity contribution in [1.82, 2.24) is 14.6 Å². The molecule has 0 saturated carbocycles. The number of thioether (sulfide) groups is 1. The minimum atomic E-state index is -0.168. The molecule has 6 nitrogen and oxygen atoms in total. The summed E-state index contributed by atoms with van der Waals surface area (Å²) in [4.78, 5) is 28.5. The lowest BCUT2D eigenvalue weighted by Crippen LogP contribution is -2.14. The van der Waals surface area contributed by atoms with Crippen LogP contribution in [0.5, 0.6) is 0 Å². The fraction of sp³-hybridized carbons (Fsp3) is 0.0769. The van der Waals surface area contributed by atoms with E-state index in [0.29, 0.717) is 11.3 Å². The van der Waals surface area contributed by atoms with E-state index in [1.54, 1.807) is 41.2 Å². The van der Waals surface area contributed by atoms with Crippen molar-refractivity contribution in [2.45, 2.75) is 11.9 Å². The molecule has 1 amide bonds. The quantitative estimate of drug-likeness (QED) is 0.273. The van der Waals surface area contributed by atoms with Gasteiger partial charge in [0, 0.05) is 29.2 Å². The Hall–Kier alpha value is -3.97. The van der Waals surface area contributed by atoms with Gasteiger partial charge in [-0.2, -0.15) is 5.10 Å². The van der Waals surface area contributed by atoms with Gasteiger partial charge >= 0.3 is 0 Å². The highest BCUT2D eigenvalue weighted by molar-refractivity contribution is 8.00. The minimum absolute atomic E-state index is 0.0425. The normalized spacial score (nSPS) is 11.1. The van der Waals surface area contributed by atoms with Gasteiger partial charge in [0.05, 0.1) is 17.0 Å². The summed E-state index contributed by atoms with van der Waals surface area (Å²) >= 11 is 1.35. The van der Waals surface area contributed by atoms with Crippen molar-refractivity contribution in [2.24, 2.45) is 0 Å². The summed E-state index contributed by atoms with van der Waals surface area (Å²) in [6.07, 6.45) is 3.49. The number of Topliss-reactive ketones (excluding diaryl/α,β-unsaturated/α-hetero) is 1. The van der Waals surface area contributed by atoms with Gasteiger partial charge in [0.25, 0.3) is 0 Å². The highest BCUT2D eigenvalue weighted by Crippen LogP contribution is 2.30. The number of amides is 1. The van der Waals surface area contributed by atoms with Crippen LogP contribution in [0.25, 0.3) is 27.5 Å². The van der Waals surface area contributed by atoms with E-state index in [-0.39, 0.29) is 17.4 Å². The SMILES string of the molecule is CC(=O)c1cccc(NC(=O)CSc2nccn3nc(-c4cccc5ccccc45)cc23)c1. The Balaban J connectivity index is 1.37. The molecule has 0 spiro atoms. The van der Waals surface area contributed by atoms with Crippen LogP contribution < -0.4 is 5.32 Å². The van der Waals surface area contributed by atoms with Gasteiger partial charge in [-0.1, -0.05) is 66.4 Å². The predicted molar refractivity (Wildman–Crippen MR) is 132 cm³/mol. The van der Waals surface area contributed by atoms with Crippen LogP contribution in [0.15, 0.2) is 90.2 Å². The summed E-state index contributed by atoms with van der Waals surface area (Å²) in [6.45, 7) is 1.50. The molecule has 0 atom stereocenters. The van der Waals surface area contributed by atoms with E-state index in [2.05, 4.69) is 34.6 Å². The molecule has 0 aliphatic heterocycles. The summed E-state index contributed by atoms with van der Waals surface area (Å²) in [6, 6.07) is 23.3. The molecule has 1 N–H and O–H groups in total. The average Bonchev–Trinajstić information content (AvgIpc) is 3.27. The smallest absolute Gasteiger partial charge is 0.234 e. The number of rotatable bonds is 6. The molecule has 0 aliphatic carbocycles. The van der Waals surface area contributed by atoms with Crippen LogP contribution in [0.4, 0.5) is 5.69 Å². The van der Waals surface area contributed by atoms with Gasteiger partial charge < -0.3 is 5.32 Å². The van der Waals surface area contributed by atoms with Gasteiger partial charge in [-0.15, -0.1) is 0 Å². The van der Waals surface area contributed by atoms with Gasteiger partial charge in [-0.05, 0) is 35.9 Å². The Kier molecular flexibility index (Phi) is 5.62. The van der Waals surface area contributed by atoms with E-state index in [4.69, 9.17) is 5.10 Å². The Morgan fingerprint density at radius 2 is 1.82 bits per heavy atom. The second-order valence-corrected chi connectivity index (χ2v) is 8.56. The monoisotopic (exact) mass is 452 g/mol. The van der Waals surface area contributed by atoms with Crippen molar-refractivity contribution >= 4 is 45.4 Å². The fourth-order valence-electron chi connectivity index (χ4n) is 3.74. The first kappa shape index (κ1) is 20.9. The molecule has 2 aromatic heterocycles. The molecule has 0 fully saturated rings. The lowest BCUT2D eigenvalue weighted by Gasteiger charge is -2.06. The maximum absolute atomic E-state index is 12.5. The maximum Gasteiger partial charge on any atom is 0.234 e. The van der Waals surface area contributed by atoms with E-state index in [0.717, 1.165) is 32.6 Å².